The van der Waals surface area contributed by atoms with E-state index in [-0.39, 0.29) is 12.0 Å². The quantitative estimate of drug-likeness (QED) is 0.778. The van der Waals surface area contributed by atoms with Crippen LogP contribution in [0.25, 0.3) is 0 Å². The first kappa shape index (κ1) is 15.2. The Balaban J connectivity index is 2.58. The fraction of sp³-hybridized carbons (Fsp3) is 0.625. The third-order valence-electron chi connectivity index (χ3n) is 4.37. The Kier molecular flexibility index (Phi) is 5.83. The summed E-state index contributed by atoms with van der Waals surface area (Å²) in [6.45, 7) is 10.7. The lowest BCUT2D eigenvalue weighted by atomic mass is 9.83. The largest absolute Gasteiger partial charge is 0.396 e. The molecule has 0 atom stereocenters. The lowest BCUT2D eigenvalue weighted by molar-refractivity contribution is 0.113. The molecule has 1 aromatic carbocycles. The maximum atomic E-state index is 9.53. The van der Waals surface area contributed by atoms with Crippen LogP contribution >= 0.6 is 0 Å². The molecule has 0 radical (unpaired) electrons. The number of hydrogen-bond donors (Lipinski definition) is 2. The molecule has 0 aromatic heterocycles. The van der Waals surface area contributed by atoms with Gasteiger partial charge in [0.25, 0.3) is 0 Å². The van der Waals surface area contributed by atoms with Crippen LogP contribution in [0.5, 0.6) is 0 Å². The summed E-state index contributed by atoms with van der Waals surface area (Å²) in [6, 6.07) is 6.43. The van der Waals surface area contributed by atoms with E-state index in [1.165, 1.54) is 16.7 Å². The molecule has 102 valence electrons. The Morgan fingerprint density at radius 2 is 1.83 bits per heavy atom. The van der Waals surface area contributed by atoms with Crippen LogP contribution in [0.2, 0.25) is 0 Å². The summed E-state index contributed by atoms with van der Waals surface area (Å²) in [7, 11) is 0. The molecule has 0 unspecified atom stereocenters. The van der Waals surface area contributed by atoms with E-state index in [2.05, 4.69) is 51.2 Å². The van der Waals surface area contributed by atoms with Gasteiger partial charge in [-0.15, -0.1) is 0 Å². The predicted octanol–water partition coefficient (Wildman–Crippen LogP) is 3.19. The van der Waals surface area contributed by atoms with Gasteiger partial charge in [0, 0.05) is 25.1 Å². The average molecular weight is 249 g/mol. The van der Waals surface area contributed by atoms with Crippen molar-refractivity contribution in [1.29, 1.82) is 0 Å². The van der Waals surface area contributed by atoms with Crippen LogP contribution < -0.4 is 5.32 Å². The van der Waals surface area contributed by atoms with Crippen molar-refractivity contribution in [1.82, 2.24) is 5.32 Å². The predicted molar refractivity (Wildman–Crippen MR) is 77.7 cm³/mol. The van der Waals surface area contributed by atoms with Gasteiger partial charge in [-0.1, -0.05) is 32.0 Å². The highest BCUT2D eigenvalue weighted by Gasteiger charge is 2.24. The van der Waals surface area contributed by atoms with Crippen molar-refractivity contribution >= 4 is 0 Å². The highest BCUT2D eigenvalue weighted by molar-refractivity contribution is 5.32. The number of aliphatic hydroxyl groups excluding tert-OH is 1. The second-order valence-corrected chi connectivity index (χ2v) is 5.33. The second kappa shape index (κ2) is 6.91. The monoisotopic (exact) mass is 249 g/mol. The molecule has 0 fully saturated rings. The van der Waals surface area contributed by atoms with Crippen molar-refractivity contribution < 1.29 is 5.11 Å². The molecule has 0 amide bonds. The van der Waals surface area contributed by atoms with Crippen LogP contribution in [0, 0.1) is 19.3 Å². The molecule has 1 aromatic rings. The zero-order valence-corrected chi connectivity index (χ0v) is 12.2. The third-order valence-corrected chi connectivity index (χ3v) is 4.37. The minimum absolute atomic E-state index is 0.0394. The molecule has 0 saturated heterocycles. The summed E-state index contributed by atoms with van der Waals surface area (Å²) in [5.74, 6) is 0. The highest BCUT2D eigenvalue weighted by Crippen LogP contribution is 2.24. The van der Waals surface area contributed by atoms with E-state index in [0.29, 0.717) is 0 Å². The molecule has 1 rings (SSSR count). The number of aliphatic hydroxyl groups is 1. The minimum atomic E-state index is 0.0394. The standard InChI is InChI=1S/C16H27NO/c1-5-16(6-2,12-18)11-17-10-15-9-7-8-13(3)14(15)4/h7-9,17-18H,5-6,10-12H2,1-4H3. The lowest BCUT2D eigenvalue weighted by Gasteiger charge is -2.29. The summed E-state index contributed by atoms with van der Waals surface area (Å²) >= 11 is 0. The van der Waals surface area contributed by atoms with Crippen molar-refractivity contribution in [2.24, 2.45) is 5.41 Å². The summed E-state index contributed by atoms with van der Waals surface area (Å²) in [5.41, 5.74) is 4.10. The molecular weight excluding hydrogens is 222 g/mol. The van der Waals surface area contributed by atoms with Gasteiger partial charge >= 0.3 is 0 Å². The van der Waals surface area contributed by atoms with Crippen LogP contribution in [0.4, 0.5) is 0 Å². The van der Waals surface area contributed by atoms with Gasteiger partial charge < -0.3 is 10.4 Å². The minimum Gasteiger partial charge on any atom is -0.396 e. The Bertz CT molecular complexity index is 361. The van der Waals surface area contributed by atoms with Gasteiger partial charge in [-0.25, -0.2) is 0 Å². The van der Waals surface area contributed by atoms with Gasteiger partial charge in [0.05, 0.1) is 0 Å². The van der Waals surface area contributed by atoms with Gasteiger partial charge in [0.15, 0.2) is 0 Å². The fourth-order valence-corrected chi connectivity index (χ4v) is 2.25. The maximum absolute atomic E-state index is 9.53. The maximum Gasteiger partial charge on any atom is 0.0499 e. The van der Waals surface area contributed by atoms with Crippen LogP contribution in [-0.4, -0.2) is 18.3 Å². The van der Waals surface area contributed by atoms with Crippen LogP contribution in [0.15, 0.2) is 18.2 Å². The zero-order chi connectivity index (χ0) is 13.6. The summed E-state index contributed by atoms with van der Waals surface area (Å²) in [6.07, 6.45) is 2.03. The topological polar surface area (TPSA) is 32.3 Å². The summed E-state index contributed by atoms with van der Waals surface area (Å²) in [4.78, 5) is 0. The molecule has 0 saturated carbocycles. The number of hydrogen-bond acceptors (Lipinski definition) is 2. The number of benzene rings is 1. The van der Waals surface area contributed by atoms with Crippen molar-refractivity contribution in [3.63, 3.8) is 0 Å². The van der Waals surface area contributed by atoms with E-state index in [0.717, 1.165) is 25.9 Å². The Morgan fingerprint density at radius 1 is 1.17 bits per heavy atom. The SMILES string of the molecule is CCC(CC)(CO)CNCc1cccc(C)c1C. The summed E-state index contributed by atoms with van der Waals surface area (Å²) in [5, 5.41) is 13.0. The Labute approximate surface area is 111 Å². The van der Waals surface area contributed by atoms with Crippen molar-refractivity contribution in [2.45, 2.75) is 47.1 Å². The van der Waals surface area contributed by atoms with Gasteiger partial charge in [0.1, 0.15) is 0 Å². The highest BCUT2D eigenvalue weighted by atomic mass is 16.3. The lowest BCUT2D eigenvalue weighted by Crippen LogP contribution is -2.36. The first-order valence-corrected chi connectivity index (χ1v) is 6.95. The Hall–Kier alpha value is -0.860. The number of aryl methyl sites for hydroxylation is 1. The van der Waals surface area contributed by atoms with Crippen molar-refractivity contribution in [3.8, 4) is 0 Å². The molecule has 18 heavy (non-hydrogen) atoms. The molecular formula is C16H27NO. The van der Waals surface area contributed by atoms with E-state index >= 15 is 0 Å². The van der Waals surface area contributed by atoms with Gasteiger partial charge in [-0.2, -0.15) is 0 Å². The Morgan fingerprint density at radius 3 is 2.39 bits per heavy atom. The molecule has 2 heteroatoms. The second-order valence-electron chi connectivity index (χ2n) is 5.33. The third kappa shape index (κ3) is 3.56. The first-order valence-electron chi connectivity index (χ1n) is 6.95. The molecule has 2 nitrogen and oxygen atoms in total. The molecule has 0 spiro atoms. The smallest absolute Gasteiger partial charge is 0.0499 e. The van der Waals surface area contributed by atoms with E-state index in [4.69, 9.17) is 0 Å². The molecule has 0 bridgehead atoms. The van der Waals surface area contributed by atoms with Gasteiger partial charge in [-0.3, -0.25) is 0 Å². The van der Waals surface area contributed by atoms with E-state index < -0.39 is 0 Å². The van der Waals surface area contributed by atoms with Gasteiger partial charge in [0.2, 0.25) is 0 Å². The number of rotatable bonds is 7. The molecule has 0 aliphatic heterocycles. The molecule has 0 heterocycles. The zero-order valence-electron chi connectivity index (χ0n) is 12.2. The van der Waals surface area contributed by atoms with E-state index in [9.17, 15) is 5.11 Å². The molecule has 2 N–H and O–H groups in total. The molecule has 0 aliphatic carbocycles. The van der Waals surface area contributed by atoms with E-state index in [1.807, 2.05) is 0 Å². The van der Waals surface area contributed by atoms with Crippen LogP contribution in [0.1, 0.15) is 43.4 Å². The average Bonchev–Trinajstić information content (AvgIpc) is 2.40. The van der Waals surface area contributed by atoms with Crippen molar-refractivity contribution in [3.05, 3.63) is 34.9 Å². The van der Waals surface area contributed by atoms with Crippen LogP contribution in [-0.2, 0) is 6.54 Å². The van der Waals surface area contributed by atoms with Gasteiger partial charge in [-0.05, 0) is 43.4 Å². The van der Waals surface area contributed by atoms with Crippen LogP contribution in [0.3, 0.4) is 0 Å². The first-order chi connectivity index (χ1) is 8.58. The normalized spacial score (nSPS) is 11.8. The fourth-order valence-electron chi connectivity index (χ4n) is 2.25. The molecule has 0 aliphatic rings. The number of nitrogens with one attached hydrogen (secondary N) is 1. The summed E-state index contributed by atoms with van der Waals surface area (Å²) < 4.78 is 0. The van der Waals surface area contributed by atoms with Crippen molar-refractivity contribution in [2.75, 3.05) is 13.2 Å². The van der Waals surface area contributed by atoms with E-state index in [1.54, 1.807) is 0 Å².